The number of anilines is 1. The van der Waals surface area contributed by atoms with Gasteiger partial charge in [0.15, 0.2) is 11.1 Å². The van der Waals surface area contributed by atoms with E-state index in [-0.39, 0.29) is 11.3 Å². The predicted molar refractivity (Wildman–Crippen MR) is 85.5 cm³/mol. The summed E-state index contributed by atoms with van der Waals surface area (Å²) in [5.74, 6) is -0.394. The molecule has 120 valence electrons. The average molecular weight is 334 g/mol. The lowest BCUT2D eigenvalue weighted by molar-refractivity contribution is 0.287. The molecule has 0 radical (unpaired) electrons. The van der Waals surface area contributed by atoms with Gasteiger partial charge < -0.3 is 19.2 Å². The minimum absolute atomic E-state index is 0.0116. The van der Waals surface area contributed by atoms with Crippen LogP contribution in [-0.4, -0.2) is 14.2 Å². The van der Waals surface area contributed by atoms with Crippen LogP contribution < -0.4 is 16.5 Å². The van der Waals surface area contributed by atoms with Gasteiger partial charge in [0.05, 0.1) is 0 Å². The summed E-state index contributed by atoms with van der Waals surface area (Å²) in [5.41, 5.74) is 6.10. The molecule has 2 N–H and O–H groups in total. The van der Waals surface area contributed by atoms with Crippen molar-refractivity contribution >= 4 is 18.8 Å². The summed E-state index contributed by atoms with van der Waals surface area (Å²) < 4.78 is 27.4. The molecule has 0 fully saturated rings. The van der Waals surface area contributed by atoms with Crippen LogP contribution in [0.3, 0.4) is 0 Å². The molecule has 2 aromatic rings. The highest BCUT2D eigenvalue weighted by Crippen LogP contribution is 2.46. The first kappa shape index (κ1) is 17.0. The molecule has 0 aliphatic rings. The number of hydrogen-bond acceptors (Lipinski definition) is 7. The third kappa shape index (κ3) is 2.92. The number of nitriles is 1. The smallest absolute Gasteiger partial charge is 0.370 e. The van der Waals surface area contributed by atoms with E-state index in [9.17, 15) is 14.6 Å². The van der Waals surface area contributed by atoms with Crippen LogP contribution in [0.15, 0.2) is 33.5 Å². The number of nitrogens with zero attached hydrogens (tertiary/aromatic N) is 1. The molecular formula is C15H15N2O5P. The van der Waals surface area contributed by atoms with Crippen LogP contribution in [0.2, 0.25) is 0 Å². The molecule has 0 bridgehead atoms. The van der Waals surface area contributed by atoms with Crippen molar-refractivity contribution in [3.8, 4) is 17.4 Å². The zero-order valence-electron chi connectivity index (χ0n) is 12.8. The first-order valence-electron chi connectivity index (χ1n) is 6.53. The number of rotatable bonds is 4. The van der Waals surface area contributed by atoms with E-state index in [1.54, 1.807) is 30.3 Å². The van der Waals surface area contributed by atoms with Crippen LogP contribution in [0.4, 0.5) is 5.88 Å². The molecule has 0 saturated heterocycles. The van der Waals surface area contributed by atoms with Crippen LogP contribution in [0.5, 0.6) is 0 Å². The summed E-state index contributed by atoms with van der Waals surface area (Å²) >= 11 is 0. The summed E-state index contributed by atoms with van der Waals surface area (Å²) in [6.07, 6.45) is 0. The molecule has 1 aromatic carbocycles. The van der Waals surface area contributed by atoms with Crippen molar-refractivity contribution in [3.63, 3.8) is 0 Å². The number of nitrogens with two attached hydrogens (primary N) is 1. The molecule has 0 aliphatic heterocycles. The van der Waals surface area contributed by atoms with Gasteiger partial charge in [0.25, 0.3) is 0 Å². The maximum Gasteiger partial charge on any atom is 0.370 e. The van der Waals surface area contributed by atoms with E-state index in [0.717, 1.165) is 19.8 Å². The van der Waals surface area contributed by atoms with Crippen molar-refractivity contribution in [1.29, 1.82) is 5.26 Å². The lowest BCUT2D eigenvalue weighted by atomic mass is 10.1. The van der Waals surface area contributed by atoms with Gasteiger partial charge in [-0.3, -0.25) is 9.36 Å². The Labute approximate surface area is 132 Å². The predicted octanol–water partition coefficient (Wildman–Crippen LogP) is 2.18. The molecule has 7 nitrogen and oxygen atoms in total. The molecule has 0 amide bonds. The van der Waals surface area contributed by atoms with E-state index in [1.807, 2.05) is 6.92 Å². The quantitative estimate of drug-likeness (QED) is 0.852. The summed E-state index contributed by atoms with van der Waals surface area (Å²) in [5, 5.41) is 8.84. The summed E-state index contributed by atoms with van der Waals surface area (Å²) in [7, 11) is -1.72. The summed E-state index contributed by atoms with van der Waals surface area (Å²) in [4.78, 5) is 12.6. The minimum Gasteiger partial charge on any atom is -0.438 e. The molecule has 23 heavy (non-hydrogen) atoms. The van der Waals surface area contributed by atoms with Gasteiger partial charge in [-0.15, -0.1) is 0 Å². The van der Waals surface area contributed by atoms with Gasteiger partial charge in [-0.05, 0) is 6.92 Å². The highest BCUT2D eigenvalue weighted by atomic mass is 31.2. The lowest BCUT2D eigenvalue weighted by Gasteiger charge is -2.15. The molecule has 0 atom stereocenters. The Morgan fingerprint density at radius 3 is 2.26 bits per heavy atom. The third-order valence-electron chi connectivity index (χ3n) is 3.29. The lowest BCUT2D eigenvalue weighted by Crippen LogP contribution is -2.31. The topological polar surface area (TPSA) is 116 Å². The van der Waals surface area contributed by atoms with E-state index in [2.05, 4.69) is 0 Å². The summed E-state index contributed by atoms with van der Waals surface area (Å²) in [6, 6.07) is 8.76. The van der Waals surface area contributed by atoms with Crippen LogP contribution in [0, 0.1) is 18.3 Å². The molecule has 1 aromatic heterocycles. The number of nitrogen functional groups attached to an aromatic ring is 1. The number of benzene rings is 1. The van der Waals surface area contributed by atoms with Crippen LogP contribution in [0.1, 0.15) is 11.1 Å². The normalized spacial score (nSPS) is 11.2. The molecule has 0 aliphatic carbocycles. The van der Waals surface area contributed by atoms with Crippen LogP contribution >= 0.6 is 7.60 Å². The van der Waals surface area contributed by atoms with E-state index >= 15 is 0 Å². The SMILES string of the molecule is COP(=O)(OC)c1c(N)oc(-c2ccc(C)cc2)c(C#N)c1=O. The fraction of sp³-hybridized carbons (Fsp3) is 0.200. The van der Waals surface area contributed by atoms with Gasteiger partial charge >= 0.3 is 7.60 Å². The Bertz CT molecular complexity index is 872. The second-order valence-electron chi connectivity index (χ2n) is 4.69. The fourth-order valence-electron chi connectivity index (χ4n) is 2.07. The monoisotopic (exact) mass is 334 g/mol. The van der Waals surface area contributed by atoms with Gasteiger partial charge in [-0.1, -0.05) is 29.8 Å². The van der Waals surface area contributed by atoms with E-state index in [1.165, 1.54) is 0 Å². The Morgan fingerprint density at radius 2 is 1.78 bits per heavy atom. The van der Waals surface area contributed by atoms with E-state index < -0.39 is 24.2 Å². The molecule has 0 spiro atoms. The average Bonchev–Trinajstić information content (AvgIpc) is 2.54. The van der Waals surface area contributed by atoms with Gasteiger partial charge in [0, 0.05) is 19.8 Å². The Morgan fingerprint density at radius 1 is 1.22 bits per heavy atom. The maximum absolute atomic E-state index is 12.6. The van der Waals surface area contributed by atoms with Crippen molar-refractivity contribution in [3.05, 3.63) is 45.6 Å². The summed E-state index contributed by atoms with van der Waals surface area (Å²) in [6.45, 7) is 1.90. The van der Waals surface area contributed by atoms with Crippen molar-refractivity contribution in [2.24, 2.45) is 0 Å². The third-order valence-corrected chi connectivity index (χ3v) is 5.23. The first-order chi connectivity index (χ1) is 10.9. The Hall–Kier alpha value is -2.39. The second kappa shape index (κ2) is 6.39. The van der Waals surface area contributed by atoms with E-state index in [0.29, 0.717) is 5.56 Å². The maximum atomic E-state index is 12.6. The molecule has 0 saturated carbocycles. The van der Waals surface area contributed by atoms with E-state index in [4.69, 9.17) is 19.2 Å². The molecule has 8 heteroatoms. The van der Waals surface area contributed by atoms with Gasteiger partial charge in [0.1, 0.15) is 11.6 Å². The Kier molecular flexibility index (Phi) is 4.71. The van der Waals surface area contributed by atoms with Crippen molar-refractivity contribution in [2.45, 2.75) is 6.92 Å². The molecule has 2 rings (SSSR count). The van der Waals surface area contributed by atoms with Crippen molar-refractivity contribution < 1.29 is 18.0 Å². The fourth-order valence-corrected chi connectivity index (χ4v) is 3.26. The van der Waals surface area contributed by atoms with Crippen LogP contribution in [0.25, 0.3) is 11.3 Å². The zero-order valence-corrected chi connectivity index (χ0v) is 13.7. The molecule has 1 heterocycles. The molecule has 0 unspecified atom stereocenters. The zero-order chi connectivity index (χ0) is 17.2. The van der Waals surface area contributed by atoms with Crippen LogP contribution in [-0.2, 0) is 13.6 Å². The van der Waals surface area contributed by atoms with Gasteiger partial charge in [-0.25, -0.2) is 0 Å². The standard InChI is InChI=1S/C15H15N2O5P/c1-9-4-6-10(7-5-9)13-11(8-16)12(18)14(15(17)22-13)23(19,20-2)21-3/h4-7H,17H2,1-3H3. The number of hydrogen-bond donors (Lipinski definition) is 1. The van der Waals surface area contributed by atoms with Gasteiger partial charge in [0.2, 0.25) is 11.3 Å². The highest BCUT2D eigenvalue weighted by Gasteiger charge is 2.35. The van der Waals surface area contributed by atoms with Crippen molar-refractivity contribution in [1.82, 2.24) is 0 Å². The van der Waals surface area contributed by atoms with Crippen molar-refractivity contribution in [2.75, 3.05) is 20.0 Å². The minimum atomic E-state index is -3.95. The Balaban J connectivity index is 2.81. The molecular weight excluding hydrogens is 319 g/mol. The number of aryl methyl sites for hydroxylation is 1. The first-order valence-corrected chi connectivity index (χ1v) is 8.08. The van der Waals surface area contributed by atoms with Gasteiger partial charge in [-0.2, -0.15) is 5.26 Å². The highest BCUT2D eigenvalue weighted by molar-refractivity contribution is 7.62. The second-order valence-corrected chi connectivity index (χ2v) is 6.86. The largest absolute Gasteiger partial charge is 0.438 e.